The maximum Gasteiger partial charge on any atom is 0.208 e. The number of hydrogen-bond donors (Lipinski definition) is 2. The molecular weight excluding hydrogens is 406 g/mol. The summed E-state index contributed by atoms with van der Waals surface area (Å²) in [7, 11) is -1.51. The zero-order chi connectivity index (χ0) is 19.0. The highest BCUT2D eigenvalue weighted by Crippen LogP contribution is 2.42. The Balaban J connectivity index is 0.00000181. The van der Waals surface area contributed by atoms with Crippen molar-refractivity contribution >= 4 is 44.1 Å². The Labute approximate surface area is 175 Å². The first kappa shape index (κ1) is 18.7. The van der Waals surface area contributed by atoms with E-state index in [0.717, 1.165) is 34.6 Å². The molecule has 2 bridgehead atoms. The lowest BCUT2D eigenvalue weighted by molar-refractivity contribution is 0.503. The molecule has 0 saturated carbocycles. The molecule has 29 heavy (non-hydrogen) atoms. The van der Waals surface area contributed by atoms with Crippen molar-refractivity contribution in [2.24, 2.45) is 7.05 Å². The van der Waals surface area contributed by atoms with Crippen molar-refractivity contribution in [3.63, 3.8) is 0 Å². The Bertz CT molecular complexity index is 1370. The Morgan fingerprint density at radius 3 is 2.76 bits per heavy atom. The molecule has 2 aromatic carbocycles. The van der Waals surface area contributed by atoms with Gasteiger partial charge in [0.15, 0.2) is 0 Å². The van der Waals surface area contributed by atoms with Gasteiger partial charge in [0, 0.05) is 59.2 Å². The molecular formula is C22H22ClN3O2S. The van der Waals surface area contributed by atoms with Crippen molar-refractivity contribution in [2.45, 2.75) is 41.1 Å². The maximum absolute atomic E-state index is 13.4. The second-order valence-corrected chi connectivity index (χ2v) is 9.92. The lowest BCUT2D eigenvalue weighted by Gasteiger charge is -2.23. The highest BCUT2D eigenvalue weighted by Gasteiger charge is 2.36. The number of aromatic nitrogens is 2. The largest absolute Gasteiger partial charge is 0.360 e. The smallest absolute Gasteiger partial charge is 0.208 e. The van der Waals surface area contributed by atoms with E-state index in [9.17, 15) is 8.42 Å². The lowest BCUT2D eigenvalue weighted by Crippen LogP contribution is -2.32. The number of H-pyrrole nitrogens is 1. The highest BCUT2D eigenvalue weighted by atomic mass is 35.5. The number of hydrogen-bond acceptors (Lipinski definition) is 3. The molecule has 2 aliphatic heterocycles. The molecule has 0 amide bonds. The summed E-state index contributed by atoms with van der Waals surface area (Å²) < 4.78 is 29.1. The van der Waals surface area contributed by atoms with Gasteiger partial charge < -0.3 is 14.9 Å². The van der Waals surface area contributed by atoms with Crippen molar-refractivity contribution in [3.8, 4) is 0 Å². The van der Waals surface area contributed by atoms with Crippen LogP contribution in [-0.2, 0) is 23.3 Å². The van der Waals surface area contributed by atoms with E-state index >= 15 is 0 Å². The predicted octanol–water partition coefficient (Wildman–Crippen LogP) is 4.26. The van der Waals surface area contributed by atoms with E-state index in [-0.39, 0.29) is 12.4 Å². The topological polar surface area (TPSA) is 66.9 Å². The first-order chi connectivity index (χ1) is 13.5. The van der Waals surface area contributed by atoms with Crippen LogP contribution in [0, 0.1) is 0 Å². The number of sulfone groups is 1. The number of para-hydroxylation sites is 1. The number of halogens is 1. The van der Waals surface area contributed by atoms with Crippen LogP contribution in [0.2, 0.25) is 0 Å². The van der Waals surface area contributed by atoms with Gasteiger partial charge in [0.2, 0.25) is 9.84 Å². The molecule has 4 aromatic rings. The van der Waals surface area contributed by atoms with Gasteiger partial charge in [-0.2, -0.15) is 0 Å². The van der Waals surface area contributed by atoms with E-state index in [0.29, 0.717) is 21.9 Å². The van der Waals surface area contributed by atoms with Gasteiger partial charge in [-0.05, 0) is 42.7 Å². The van der Waals surface area contributed by atoms with E-state index in [1.54, 1.807) is 12.3 Å². The third-order valence-electron chi connectivity index (χ3n) is 6.52. The van der Waals surface area contributed by atoms with E-state index in [4.69, 9.17) is 0 Å². The minimum Gasteiger partial charge on any atom is -0.360 e. The van der Waals surface area contributed by atoms with E-state index in [2.05, 4.69) is 21.9 Å². The average molecular weight is 428 g/mol. The Hall–Kier alpha value is -2.28. The lowest BCUT2D eigenvalue weighted by atomic mass is 9.99. The Morgan fingerprint density at radius 2 is 1.90 bits per heavy atom. The number of nitrogens with one attached hydrogen (secondary N) is 2. The summed E-state index contributed by atoms with van der Waals surface area (Å²) in [6, 6.07) is 14.0. The molecule has 0 radical (unpaired) electrons. The fourth-order valence-corrected chi connectivity index (χ4v) is 6.60. The van der Waals surface area contributed by atoms with Gasteiger partial charge in [-0.15, -0.1) is 12.4 Å². The van der Waals surface area contributed by atoms with Crippen molar-refractivity contribution in [1.29, 1.82) is 0 Å². The Kier molecular flexibility index (Phi) is 4.11. The van der Waals surface area contributed by atoms with E-state index in [1.165, 1.54) is 17.7 Å². The van der Waals surface area contributed by atoms with Crippen LogP contribution in [0.3, 0.4) is 0 Å². The van der Waals surface area contributed by atoms with Gasteiger partial charge in [-0.3, -0.25) is 0 Å². The van der Waals surface area contributed by atoms with Crippen LogP contribution >= 0.6 is 12.4 Å². The van der Waals surface area contributed by atoms with Crippen LogP contribution in [0.25, 0.3) is 21.8 Å². The predicted molar refractivity (Wildman–Crippen MR) is 117 cm³/mol. The SMILES string of the molecule is Cl.Cn1c2c(c3cc(S(=O)(=O)c4c[nH]c5ccccc45)ccc31)C1CCC(C2)N1. The number of aryl methyl sites for hydroxylation is 1. The first-order valence-electron chi connectivity index (χ1n) is 9.72. The van der Waals surface area contributed by atoms with Crippen LogP contribution < -0.4 is 5.32 Å². The molecule has 2 unspecified atom stereocenters. The summed E-state index contributed by atoms with van der Waals surface area (Å²) >= 11 is 0. The third-order valence-corrected chi connectivity index (χ3v) is 8.31. The third kappa shape index (κ3) is 2.52. The minimum atomic E-state index is -3.61. The van der Waals surface area contributed by atoms with Gasteiger partial charge >= 0.3 is 0 Å². The first-order valence-corrected chi connectivity index (χ1v) is 11.2. The number of aromatic amines is 1. The standard InChI is InChI=1S/C22H21N3O2S.ClH/c1-25-19-9-7-14(11-16(19)22-18-8-6-13(24-18)10-20(22)25)28(26,27)21-12-23-17-5-3-2-4-15(17)21;/h2-5,7,9,11-13,18,23-24H,6,8,10H2,1H3;1H. The normalized spacial score (nSPS) is 20.7. The van der Waals surface area contributed by atoms with Gasteiger partial charge in [-0.1, -0.05) is 18.2 Å². The quantitative estimate of drug-likeness (QED) is 0.502. The number of benzene rings is 2. The molecule has 150 valence electrons. The monoisotopic (exact) mass is 427 g/mol. The van der Waals surface area contributed by atoms with Crippen LogP contribution in [0.1, 0.15) is 30.1 Å². The molecule has 2 N–H and O–H groups in total. The molecule has 4 heterocycles. The van der Waals surface area contributed by atoms with Crippen molar-refractivity contribution in [3.05, 3.63) is 59.9 Å². The number of nitrogens with zero attached hydrogens (tertiary/aromatic N) is 1. The fraction of sp³-hybridized carbons (Fsp3) is 0.273. The molecule has 0 spiro atoms. The van der Waals surface area contributed by atoms with Crippen molar-refractivity contribution < 1.29 is 8.42 Å². The van der Waals surface area contributed by atoms with Gasteiger partial charge in [0.1, 0.15) is 0 Å². The van der Waals surface area contributed by atoms with E-state index < -0.39 is 9.84 Å². The molecule has 5 nitrogen and oxygen atoms in total. The summed E-state index contributed by atoms with van der Waals surface area (Å²) in [5.41, 5.74) is 4.59. The van der Waals surface area contributed by atoms with Crippen LogP contribution in [0.5, 0.6) is 0 Å². The van der Waals surface area contributed by atoms with Crippen LogP contribution in [0.4, 0.5) is 0 Å². The summed E-state index contributed by atoms with van der Waals surface area (Å²) in [5, 5.41) is 5.49. The molecule has 2 aromatic heterocycles. The van der Waals surface area contributed by atoms with E-state index in [1.807, 2.05) is 36.4 Å². The summed E-state index contributed by atoms with van der Waals surface area (Å²) in [5.74, 6) is 0. The van der Waals surface area contributed by atoms with Crippen LogP contribution in [-0.4, -0.2) is 24.0 Å². The van der Waals surface area contributed by atoms with Gasteiger partial charge in [-0.25, -0.2) is 8.42 Å². The Morgan fingerprint density at radius 1 is 1.07 bits per heavy atom. The number of rotatable bonds is 2. The molecule has 1 fully saturated rings. The summed E-state index contributed by atoms with van der Waals surface area (Å²) in [6.07, 6.45) is 4.93. The maximum atomic E-state index is 13.4. The van der Waals surface area contributed by atoms with Crippen LogP contribution in [0.15, 0.2) is 58.5 Å². The molecule has 0 aliphatic carbocycles. The molecule has 2 atom stereocenters. The van der Waals surface area contributed by atoms with Crippen molar-refractivity contribution in [2.75, 3.05) is 0 Å². The second kappa shape index (κ2) is 6.36. The van der Waals surface area contributed by atoms with Gasteiger partial charge in [0.25, 0.3) is 0 Å². The number of fused-ring (bicyclic) bond motifs is 7. The molecule has 2 aliphatic rings. The van der Waals surface area contributed by atoms with Gasteiger partial charge in [0.05, 0.1) is 9.79 Å². The zero-order valence-electron chi connectivity index (χ0n) is 16.0. The zero-order valence-corrected chi connectivity index (χ0v) is 17.6. The minimum absolute atomic E-state index is 0. The summed E-state index contributed by atoms with van der Waals surface area (Å²) in [4.78, 5) is 3.78. The highest BCUT2D eigenvalue weighted by molar-refractivity contribution is 7.91. The van der Waals surface area contributed by atoms with Crippen molar-refractivity contribution in [1.82, 2.24) is 14.9 Å². The average Bonchev–Trinajstić information content (AvgIpc) is 3.38. The second-order valence-electron chi connectivity index (χ2n) is 8.00. The summed E-state index contributed by atoms with van der Waals surface area (Å²) in [6.45, 7) is 0. The fourth-order valence-electron chi connectivity index (χ4n) is 5.14. The molecule has 7 heteroatoms. The molecule has 6 rings (SSSR count). The molecule has 1 saturated heterocycles.